The third-order valence-corrected chi connectivity index (χ3v) is 6.38. The normalized spacial score (nSPS) is 11.0. The molecule has 4 aromatic rings. The number of thiophene rings is 1. The number of benzene rings is 2. The molecule has 0 saturated carbocycles. The number of aryl methyl sites for hydroxylation is 1. The lowest BCUT2D eigenvalue weighted by Gasteiger charge is -2.13. The van der Waals surface area contributed by atoms with E-state index in [9.17, 15) is 18.4 Å². The summed E-state index contributed by atoms with van der Waals surface area (Å²) >= 11 is 1.24. The van der Waals surface area contributed by atoms with Crippen molar-refractivity contribution in [1.29, 1.82) is 0 Å². The number of ether oxygens (including phenoxy) is 2. The maximum Gasteiger partial charge on any atom is 0.351 e. The molecule has 0 aliphatic rings. The van der Waals surface area contributed by atoms with Gasteiger partial charge in [-0.15, -0.1) is 11.3 Å². The highest BCUT2D eigenvalue weighted by atomic mass is 32.1. The number of halogens is 2. The van der Waals surface area contributed by atoms with Crippen LogP contribution in [0.2, 0.25) is 0 Å². The van der Waals surface area contributed by atoms with Gasteiger partial charge >= 0.3 is 5.97 Å². The predicted molar refractivity (Wildman–Crippen MR) is 132 cm³/mol. The van der Waals surface area contributed by atoms with Gasteiger partial charge < -0.3 is 9.47 Å². The number of esters is 1. The molecule has 0 spiro atoms. The van der Waals surface area contributed by atoms with E-state index in [1.807, 2.05) is 11.5 Å². The van der Waals surface area contributed by atoms with E-state index >= 15 is 0 Å². The summed E-state index contributed by atoms with van der Waals surface area (Å²) in [5, 5.41) is 0.753. The van der Waals surface area contributed by atoms with Crippen LogP contribution in [0, 0.1) is 0 Å². The lowest BCUT2D eigenvalue weighted by Crippen LogP contribution is -2.05. The topological polar surface area (TPSA) is 70.4 Å². The van der Waals surface area contributed by atoms with E-state index in [4.69, 9.17) is 9.47 Å². The minimum absolute atomic E-state index is 0.109. The molecule has 0 amide bonds. The molecule has 0 saturated heterocycles. The number of aromatic nitrogens is 2. The van der Waals surface area contributed by atoms with E-state index in [1.54, 1.807) is 58.0 Å². The van der Waals surface area contributed by atoms with Crippen molar-refractivity contribution in [3.63, 3.8) is 0 Å². The van der Waals surface area contributed by atoms with E-state index in [0.29, 0.717) is 28.2 Å². The minimum Gasteiger partial charge on any atom is -0.495 e. The average molecular weight is 504 g/mol. The fourth-order valence-corrected chi connectivity index (χ4v) is 4.60. The molecule has 0 bridgehead atoms. The highest BCUT2D eigenvalue weighted by Gasteiger charge is 2.26. The Balaban J connectivity index is 0.000000229. The van der Waals surface area contributed by atoms with Gasteiger partial charge in [0.2, 0.25) is 0 Å². The van der Waals surface area contributed by atoms with Crippen molar-refractivity contribution in [2.24, 2.45) is 0 Å². The van der Waals surface area contributed by atoms with Crippen molar-refractivity contribution in [3.8, 4) is 10.8 Å². The second-order valence-electron chi connectivity index (χ2n) is 7.09. The van der Waals surface area contributed by atoms with Crippen LogP contribution in [0.1, 0.15) is 38.1 Å². The Kier molecular flexibility index (Phi) is 8.12. The summed E-state index contributed by atoms with van der Waals surface area (Å²) in [6, 6.07) is 13.6. The number of rotatable bonds is 6. The number of fused-ring (bicyclic) bond motifs is 1. The summed E-state index contributed by atoms with van der Waals surface area (Å²) in [6.07, 6.45) is 3.07. The maximum absolute atomic E-state index is 12.9. The van der Waals surface area contributed by atoms with E-state index < -0.39 is 11.6 Å². The number of imidazole rings is 1. The highest BCUT2D eigenvalue weighted by molar-refractivity contribution is 7.17. The van der Waals surface area contributed by atoms with Crippen LogP contribution in [0.5, 0.6) is 5.75 Å². The maximum atomic E-state index is 12.9. The summed E-state index contributed by atoms with van der Waals surface area (Å²) in [5.41, 5.74) is 0.121. The number of methoxy groups -OCH3 is 2. The molecule has 178 valence electrons. The Bertz CT molecular complexity index is 1310. The molecule has 34 heavy (non-hydrogen) atoms. The van der Waals surface area contributed by atoms with Gasteiger partial charge in [0.25, 0.3) is 5.66 Å². The molecule has 0 aliphatic carbocycles. The van der Waals surface area contributed by atoms with E-state index in [1.165, 1.54) is 31.6 Å². The zero-order valence-electron chi connectivity index (χ0n) is 18.7. The molecule has 0 aliphatic heterocycles. The summed E-state index contributed by atoms with van der Waals surface area (Å²) in [5.74, 6) is -0.00802. The molecule has 10 heteroatoms. The Morgan fingerprint density at radius 2 is 1.94 bits per heavy atom. The number of hydrogen-bond acceptors (Lipinski definition) is 6. The SMILES string of the molecule is CCc1ccccc1C(F)(F)P.COC(=O)c1sc(-n2cnc3ccc(C=O)cc32)cc1OC. The number of nitrogens with zero attached hydrogens (tertiary/aromatic N) is 2. The van der Waals surface area contributed by atoms with Crippen molar-refractivity contribution in [1.82, 2.24) is 9.55 Å². The lowest BCUT2D eigenvalue weighted by molar-refractivity contribution is 0.0603. The first-order valence-electron chi connectivity index (χ1n) is 10.2. The van der Waals surface area contributed by atoms with Crippen molar-refractivity contribution in [2.75, 3.05) is 14.2 Å². The van der Waals surface area contributed by atoms with Crippen molar-refractivity contribution < 1.29 is 27.8 Å². The van der Waals surface area contributed by atoms with Gasteiger partial charge in [0.1, 0.15) is 23.4 Å². The van der Waals surface area contributed by atoms with Crippen LogP contribution in [0.25, 0.3) is 16.0 Å². The number of aldehydes is 1. The number of alkyl halides is 2. The smallest absolute Gasteiger partial charge is 0.351 e. The Morgan fingerprint density at radius 3 is 2.53 bits per heavy atom. The molecule has 0 fully saturated rings. The number of hydrogen-bond donors (Lipinski definition) is 0. The standard InChI is InChI=1S/C15H12N2O4S.C9H11F2P/c1-20-12-6-13(22-14(12)15(19)21-2)17-8-16-10-4-3-9(7-18)5-11(10)17;1-2-7-5-3-4-6-8(7)9(10,11)12/h3-8H,1-2H3;3-6H,2,12H2,1H3. The third-order valence-electron chi connectivity index (χ3n) is 4.98. The van der Waals surface area contributed by atoms with Gasteiger partial charge in [-0.1, -0.05) is 40.4 Å². The Labute approximate surface area is 201 Å². The second-order valence-corrected chi connectivity index (χ2v) is 8.84. The molecule has 2 aromatic carbocycles. The summed E-state index contributed by atoms with van der Waals surface area (Å²) in [4.78, 5) is 27.4. The van der Waals surface area contributed by atoms with Gasteiger partial charge in [-0.05, 0) is 30.2 Å². The van der Waals surface area contributed by atoms with Gasteiger partial charge in [0.15, 0.2) is 4.88 Å². The Hall–Kier alpha value is -3.16. The molecule has 4 rings (SSSR count). The molecule has 0 radical (unpaired) electrons. The first kappa shape index (κ1) is 25.5. The molecule has 0 N–H and O–H groups in total. The zero-order valence-corrected chi connectivity index (χ0v) is 20.7. The lowest BCUT2D eigenvalue weighted by atomic mass is 10.1. The number of carbonyl (C=O) groups excluding carboxylic acids is 2. The third kappa shape index (κ3) is 5.48. The summed E-state index contributed by atoms with van der Waals surface area (Å²) in [6.45, 7) is 1.87. The van der Waals surface area contributed by atoms with Crippen LogP contribution in [0.4, 0.5) is 8.78 Å². The zero-order chi connectivity index (χ0) is 24.9. The monoisotopic (exact) mass is 504 g/mol. The highest BCUT2D eigenvalue weighted by Crippen LogP contribution is 2.37. The van der Waals surface area contributed by atoms with Crippen LogP contribution in [0.15, 0.2) is 54.9 Å². The van der Waals surface area contributed by atoms with Gasteiger partial charge in [0.05, 0.1) is 25.3 Å². The average Bonchev–Trinajstić information content (AvgIpc) is 3.46. The first-order chi connectivity index (χ1) is 16.2. The largest absolute Gasteiger partial charge is 0.495 e. The molecular weight excluding hydrogens is 481 g/mol. The summed E-state index contributed by atoms with van der Waals surface area (Å²) < 4.78 is 37.5. The Morgan fingerprint density at radius 1 is 1.21 bits per heavy atom. The number of carbonyl (C=O) groups is 2. The quantitative estimate of drug-likeness (QED) is 0.187. The molecule has 1 atom stereocenters. The summed E-state index contributed by atoms with van der Waals surface area (Å²) in [7, 11) is 4.38. The fraction of sp³-hybridized carbons (Fsp3) is 0.208. The van der Waals surface area contributed by atoms with E-state index in [2.05, 4.69) is 4.98 Å². The van der Waals surface area contributed by atoms with Crippen LogP contribution < -0.4 is 4.74 Å². The van der Waals surface area contributed by atoms with Crippen LogP contribution >= 0.6 is 20.6 Å². The first-order valence-corrected chi connectivity index (χ1v) is 11.6. The second kappa shape index (κ2) is 10.8. The van der Waals surface area contributed by atoms with Crippen LogP contribution in [0.3, 0.4) is 0 Å². The van der Waals surface area contributed by atoms with Crippen molar-refractivity contribution in [2.45, 2.75) is 19.0 Å². The van der Waals surface area contributed by atoms with Crippen LogP contribution in [-0.4, -0.2) is 36.0 Å². The van der Waals surface area contributed by atoms with Crippen molar-refractivity contribution >= 4 is 43.9 Å². The molecular formula is C24H23F2N2O4PS. The van der Waals surface area contributed by atoms with E-state index in [0.717, 1.165) is 22.3 Å². The minimum atomic E-state index is -2.80. The predicted octanol–water partition coefficient (Wildman–Crippen LogP) is 5.87. The molecule has 1 unspecified atom stereocenters. The van der Waals surface area contributed by atoms with Gasteiger partial charge in [-0.3, -0.25) is 9.36 Å². The van der Waals surface area contributed by atoms with E-state index in [-0.39, 0.29) is 5.56 Å². The molecule has 2 aromatic heterocycles. The van der Waals surface area contributed by atoms with Gasteiger partial charge in [-0.2, -0.15) is 8.78 Å². The van der Waals surface area contributed by atoms with Gasteiger partial charge in [0, 0.05) is 17.2 Å². The molecule has 2 heterocycles. The van der Waals surface area contributed by atoms with Crippen molar-refractivity contribution in [3.05, 3.63) is 76.4 Å². The van der Waals surface area contributed by atoms with Crippen LogP contribution in [-0.2, 0) is 16.8 Å². The fourth-order valence-electron chi connectivity index (χ4n) is 3.29. The molecule has 6 nitrogen and oxygen atoms in total. The van der Waals surface area contributed by atoms with Gasteiger partial charge in [-0.25, -0.2) is 9.78 Å².